The largest absolute Gasteiger partial charge is 0.480 e. The van der Waals surface area contributed by atoms with E-state index in [4.69, 9.17) is 22.4 Å². The van der Waals surface area contributed by atoms with Gasteiger partial charge in [0.05, 0.1) is 11.4 Å². The first-order chi connectivity index (χ1) is 9.13. The van der Waals surface area contributed by atoms with Crippen LogP contribution in [0.5, 0.6) is 0 Å². The molecule has 7 nitrogen and oxygen atoms in total. The number of nitrogens with one attached hydrogen (secondary N) is 1. The number of aliphatic carboxylic acids is 1. The normalized spacial score (nSPS) is 12.9. The average Bonchev–Trinajstić information content (AvgIpc) is 2.26. The first kappa shape index (κ1) is 16.3. The molecular formula is C10H10ClFN2O5S. The molecule has 1 rings (SSSR count). The molecule has 0 aliphatic carbocycles. The zero-order valence-corrected chi connectivity index (χ0v) is 11.4. The van der Waals surface area contributed by atoms with Gasteiger partial charge in [-0.05, 0) is 18.2 Å². The van der Waals surface area contributed by atoms with Crippen LogP contribution in [0.2, 0.25) is 5.02 Å². The van der Waals surface area contributed by atoms with Crippen LogP contribution in [0.4, 0.5) is 4.39 Å². The Morgan fingerprint density at radius 2 is 2.05 bits per heavy atom. The van der Waals surface area contributed by atoms with Crippen LogP contribution in [-0.4, -0.2) is 31.4 Å². The number of carbonyl (C=O) groups excluding carboxylic acids is 1. The molecule has 10 heteroatoms. The fraction of sp³-hybridized carbons (Fsp3) is 0.200. The van der Waals surface area contributed by atoms with Crippen molar-refractivity contribution in [2.45, 2.75) is 17.4 Å². The highest BCUT2D eigenvalue weighted by Gasteiger charge is 2.28. The monoisotopic (exact) mass is 324 g/mol. The smallest absolute Gasteiger partial charge is 0.322 e. The molecule has 0 heterocycles. The summed E-state index contributed by atoms with van der Waals surface area (Å²) in [5.41, 5.74) is 4.83. The molecule has 0 bridgehead atoms. The third kappa shape index (κ3) is 4.15. The lowest BCUT2D eigenvalue weighted by atomic mass is 10.2. The molecule has 1 atom stereocenters. The molecule has 0 unspecified atom stereocenters. The number of hydrogen-bond donors (Lipinski definition) is 3. The fourth-order valence-corrected chi connectivity index (χ4v) is 3.04. The van der Waals surface area contributed by atoms with Crippen LogP contribution < -0.4 is 10.5 Å². The Hall–Kier alpha value is -1.71. The number of carbonyl (C=O) groups is 2. The van der Waals surface area contributed by atoms with Crippen LogP contribution >= 0.6 is 11.6 Å². The summed E-state index contributed by atoms with van der Waals surface area (Å²) in [6.07, 6.45) is -0.729. The van der Waals surface area contributed by atoms with Gasteiger partial charge in [0.15, 0.2) is 0 Å². The molecule has 4 N–H and O–H groups in total. The predicted octanol–water partition coefficient (Wildman–Crippen LogP) is 0.0860. The number of carboxylic acid groups (broad SMARTS) is 1. The van der Waals surface area contributed by atoms with E-state index in [-0.39, 0.29) is 0 Å². The van der Waals surface area contributed by atoms with E-state index in [2.05, 4.69) is 0 Å². The molecule has 1 amide bonds. The second-order valence-electron chi connectivity index (χ2n) is 3.76. The van der Waals surface area contributed by atoms with Gasteiger partial charge in [-0.15, -0.1) is 0 Å². The Balaban J connectivity index is 3.09. The Bertz CT molecular complexity index is 649. The third-order valence-corrected chi connectivity index (χ3v) is 4.14. The Labute approximate surface area is 118 Å². The fourth-order valence-electron chi connectivity index (χ4n) is 1.32. The summed E-state index contributed by atoms with van der Waals surface area (Å²) in [7, 11) is -4.33. The number of hydrogen-bond acceptors (Lipinski definition) is 4. The molecule has 0 fully saturated rings. The van der Waals surface area contributed by atoms with Crippen molar-refractivity contribution >= 4 is 33.5 Å². The molecule has 0 aromatic heterocycles. The molecule has 0 saturated carbocycles. The van der Waals surface area contributed by atoms with E-state index in [9.17, 15) is 22.4 Å². The van der Waals surface area contributed by atoms with Crippen molar-refractivity contribution in [2.24, 2.45) is 5.73 Å². The standard InChI is InChI=1S/C10H10ClFN2O5S/c11-6-3-5(12)1-2-8(6)20(18,19)14-7(10(16)17)4-9(13)15/h1-3,7,14H,4H2,(H2,13,15)(H,16,17)/t7-/m1/s1. The van der Waals surface area contributed by atoms with Crippen molar-refractivity contribution in [3.05, 3.63) is 29.0 Å². The van der Waals surface area contributed by atoms with Crippen LogP contribution in [0.15, 0.2) is 23.1 Å². The van der Waals surface area contributed by atoms with Crippen molar-refractivity contribution in [3.8, 4) is 0 Å². The van der Waals surface area contributed by atoms with E-state index in [1.54, 1.807) is 4.72 Å². The second kappa shape index (κ2) is 6.16. The first-order valence-electron chi connectivity index (χ1n) is 5.12. The van der Waals surface area contributed by atoms with E-state index in [1.165, 1.54) is 0 Å². The van der Waals surface area contributed by atoms with Crippen molar-refractivity contribution in [1.82, 2.24) is 4.72 Å². The molecular weight excluding hydrogens is 315 g/mol. The zero-order valence-electron chi connectivity index (χ0n) is 9.84. The Kier molecular flexibility index (Phi) is 5.03. The van der Waals surface area contributed by atoms with Gasteiger partial charge in [0.2, 0.25) is 15.9 Å². The van der Waals surface area contributed by atoms with E-state index in [0.717, 1.165) is 18.2 Å². The quantitative estimate of drug-likeness (QED) is 0.683. The van der Waals surface area contributed by atoms with Crippen molar-refractivity contribution in [3.63, 3.8) is 0 Å². The summed E-state index contributed by atoms with van der Waals surface area (Å²) in [4.78, 5) is 21.0. The van der Waals surface area contributed by atoms with Gasteiger partial charge in [-0.25, -0.2) is 12.8 Å². The molecule has 0 spiro atoms. The third-order valence-electron chi connectivity index (χ3n) is 2.18. The summed E-state index contributed by atoms with van der Waals surface area (Å²) in [5.74, 6) is -3.32. The summed E-state index contributed by atoms with van der Waals surface area (Å²) in [6, 6.07) is 0.756. The minimum atomic E-state index is -4.33. The maximum atomic E-state index is 12.8. The number of primary amides is 1. The number of halogens is 2. The molecule has 0 radical (unpaired) electrons. The summed E-state index contributed by atoms with van der Waals surface area (Å²) in [5, 5.41) is 8.40. The lowest BCUT2D eigenvalue weighted by molar-refractivity contribution is -0.140. The van der Waals surface area contributed by atoms with Crippen LogP contribution in [0.1, 0.15) is 6.42 Å². The van der Waals surface area contributed by atoms with Crippen molar-refractivity contribution in [2.75, 3.05) is 0 Å². The maximum Gasteiger partial charge on any atom is 0.322 e. The first-order valence-corrected chi connectivity index (χ1v) is 6.98. The highest BCUT2D eigenvalue weighted by Crippen LogP contribution is 2.22. The Morgan fingerprint density at radius 3 is 2.50 bits per heavy atom. The van der Waals surface area contributed by atoms with E-state index in [0.29, 0.717) is 0 Å². The molecule has 20 heavy (non-hydrogen) atoms. The van der Waals surface area contributed by atoms with Crippen molar-refractivity contribution < 1.29 is 27.5 Å². The van der Waals surface area contributed by atoms with Gasteiger partial charge in [0.1, 0.15) is 16.8 Å². The van der Waals surface area contributed by atoms with Crippen LogP contribution in [0.25, 0.3) is 0 Å². The van der Waals surface area contributed by atoms with E-state index < -0.39 is 50.1 Å². The highest BCUT2D eigenvalue weighted by molar-refractivity contribution is 7.89. The molecule has 1 aromatic carbocycles. The SMILES string of the molecule is NC(=O)C[C@@H](NS(=O)(=O)c1ccc(F)cc1Cl)C(=O)O. The van der Waals surface area contributed by atoms with Gasteiger partial charge in [-0.3, -0.25) is 9.59 Å². The predicted molar refractivity (Wildman–Crippen MR) is 67.0 cm³/mol. The van der Waals surface area contributed by atoms with Crippen LogP contribution in [0.3, 0.4) is 0 Å². The number of nitrogens with two attached hydrogens (primary N) is 1. The lowest BCUT2D eigenvalue weighted by Gasteiger charge is -2.14. The molecule has 0 aliphatic heterocycles. The van der Waals surface area contributed by atoms with E-state index in [1.807, 2.05) is 0 Å². The minimum Gasteiger partial charge on any atom is -0.480 e. The zero-order chi connectivity index (χ0) is 15.5. The number of carboxylic acids is 1. The van der Waals surface area contributed by atoms with Crippen LogP contribution in [-0.2, 0) is 19.6 Å². The van der Waals surface area contributed by atoms with Crippen molar-refractivity contribution in [1.29, 1.82) is 0 Å². The van der Waals surface area contributed by atoms with Gasteiger partial charge >= 0.3 is 5.97 Å². The summed E-state index contributed by atoms with van der Waals surface area (Å²) in [6.45, 7) is 0. The van der Waals surface area contributed by atoms with Gasteiger partial charge in [0.25, 0.3) is 0 Å². The summed E-state index contributed by atoms with van der Waals surface area (Å²) < 4.78 is 38.5. The van der Waals surface area contributed by atoms with E-state index >= 15 is 0 Å². The number of rotatable bonds is 6. The molecule has 0 saturated heterocycles. The van der Waals surface area contributed by atoms with Gasteiger partial charge in [-0.1, -0.05) is 11.6 Å². The number of amides is 1. The minimum absolute atomic E-state index is 0.416. The van der Waals surface area contributed by atoms with Gasteiger partial charge in [-0.2, -0.15) is 4.72 Å². The summed E-state index contributed by atoms with van der Waals surface area (Å²) >= 11 is 5.58. The number of sulfonamides is 1. The maximum absolute atomic E-state index is 12.8. The topological polar surface area (TPSA) is 127 Å². The highest BCUT2D eigenvalue weighted by atomic mass is 35.5. The molecule has 1 aromatic rings. The average molecular weight is 325 g/mol. The van der Waals surface area contributed by atoms with Crippen LogP contribution in [0, 0.1) is 5.82 Å². The molecule has 110 valence electrons. The molecule has 0 aliphatic rings. The lowest BCUT2D eigenvalue weighted by Crippen LogP contribution is -2.43. The second-order valence-corrected chi connectivity index (χ2v) is 5.85. The number of benzene rings is 1. The van der Waals surface area contributed by atoms with Gasteiger partial charge < -0.3 is 10.8 Å². The van der Waals surface area contributed by atoms with Gasteiger partial charge in [0, 0.05) is 0 Å². The Morgan fingerprint density at radius 1 is 1.45 bits per heavy atom.